The zero-order valence-corrected chi connectivity index (χ0v) is 15.9. The molecule has 0 saturated heterocycles. The molecule has 8 heteroatoms. The second-order valence-corrected chi connectivity index (χ2v) is 6.61. The minimum Gasteiger partial charge on any atom is -0.339 e. The first-order valence-electron chi connectivity index (χ1n) is 8.82. The van der Waals surface area contributed by atoms with Crippen LogP contribution in [0.25, 0.3) is 11.4 Å². The molecule has 0 unspecified atom stereocenters. The van der Waals surface area contributed by atoms with Crippen LogP contribution in [0.3, 0.4) is 0 Å². The van der Waals surface area contributed by atoms with Gasteiger partial charge in [0.2, 0.25) is 11.7 Å². The standard InChI is InChI=1S/C21H16ClN5O2/c22-16-7-9-17(10-8-16)24-21(28)25-18-6-2-1-4-14(18)12-19-26-20(27-29-19)15-5-3-11-23-13-15/h1-11,13H,12H2,(H2,24,25,28). The number of nitrogens with one attached hydrogen (secondary N) is 2. The lowest BCUT2D eigenvalue weighted by Crippen LogP contribution is -2.20. The Balaban J connectivity index is 1.46. The van der Waals surface area contributed by atoms with Crippen LogP contribution in [0, 0.1) is 0 Å². The molecule has 29 heavy (non-hydrogen) atoms. The Morgan fingerprint density at radius 3 is 2.62 bits per heavy atom. The number of aromatic nitrogens is 3. The van der Waals surface area contributed by atoms with E-state index in [-0.39, 0.29) is 6.03 Å². The minimum absolute atomic E-state index is 0.360. The summed E-state index contributed by atoms with van der Waals surface area (Å²) in [5.74, 6) is 0.912. The molecule has 2 heterocycles. The van der Waals surface area contributed by atoms with Crippen molar-refractivity contribution in [1.29, 1.82) is 0 Å². The summed E-state index contributed by atoms with van der Waals surface area (Å²) in [4.78, 5) is 20.8. The Hall–Kier alpha value is -3.71. The van der Waals surface area contributed by atoms with Gasteiger partial charge in [-0.15, -0.1) is 0 Å². The van der Waals surface area contributed by atoms with Crippen molar-refractivity contribution >= 4 is 29.0 Å². The van der Waals surface area contributed by atoms with Crippen LogP contribution < -0.4 is 10.6 Å². The van der Waals surface area contributed by atoms with Gasteiger partial charge in [0.05, 0.1) is 6.42 Å². The van der Waals surface area contributed by atoms with Gasteiger partial charge in [-0.1, -0.05) is 35.0 Å². The predicted molar refractivity (Wildman–Crippen MR) is 111 cm³/mol. The van der Waals surface area contributed by atoms with Gasteiger partial charge in [0, 0.05) is 34.4 Å². The maximum atomic E-state index is 12.3. The van der Waals surface area contributed by atoms with Gasteiger partial charge < -0.3 is 15.2 Å². The van der Waals surface area contributed by atoms with Crippen molar-refractivity contribution in [2.45, 2.75) is 6.42 Å². The quantitative estimate of drug-likeness (QED) is 0.486. The van der Waals surface area contributed by atoms with E-state index in [9.17, 15) is 4.79 Å². The molecule has 0 atom stereocenters. The van der Waals surface area contributed by atoms with Crippen molar-refractivity contribution in [2.24, 2.45) is 0 Å². The first kappa shape index (κ1) is 18.6. The van der Waals surface area contributed by atoms with Crippen molar-refractivity contribution < 1.29 is 9.32 Å². The number of anilines is 2. The Kier molecular flexibility index (Phi) is 5.49. The molecule has 2 amide bonds. The molecule has 2 aromatic carbocycles. The maximum Gasteiger partial charge on any atom is 0.323 e. The number of hydrogen-bond acceptors (Lipinski definition) is 5. The van der Waals surface area contributed by atoms with Crippen LogP contribution in [0.4, 0.5) is 16.2 Å². The van der Waals surface area contributed by atoms with Crippen LogP contribution in [0.15, 0.2) is 77.6 Å². The van der Waals surface area contributed by atoms with Crippen LogP contribution >= 0.6 is 11.6 Å². The monoisotopic (exact) mass is 405 g/mol. The SMILES string of the molecule is O=C(Nc1ccc(Cl)cc1)Nc1ccccc1Cc1nc(-c2cccnc2)no1. The lowest BCUT2D eigenvalue weighted by molar-refractivity contribution is 0.262. The van der Waals surface area contributed by atoms with E-state index in [1.165, 1.54) is 0 Å². The van der Waals surface area contributed by atoms with E-state index in [0.29, 0.717) is 34.5 Å². The first-order valence-corrected chi connectivity index (χ1v) is 9.19. The summed E-state index contributed by atoms with van der Waals surface area (Å²) in [5.41, 5.74) is 2.92. The number of urea groups is 1. The minimum atomic E-state index is -0.360. The number of carbonyl (C=O) groups is 1. The van der Waals surface area contributed by atoms with Gasteiger partial charge in [-0.05, 0) is 48.0 Å². The van der Waals surface area contributed by atoms with Gasteiger partial charge in [-0.3, -0.25) is 4.98 Å². The molecule has 0 aliphatic heterocycles. The van der Waals surface area contributed by atoms with E-state index in [4.69, 9.17) is 16.1 Å². The van der Waals surface area contributed by atoms with E-state index in [2.05, 4.69) is 25.8 Å². The Morgan fingerprint density at radius 1 is 1.00 bits per heavy atom. The molecule has 2 aromatic heterocycles. The van der Waals surface area contributed by atoms with Crippen molar-refractivity contribution in [3.8, 4) is 11.4 Å². The number of nitrogens with zero attached hydrogens (tertiary/aromatic N) is 3. The largest absolute Gasteiger partial charge is 0.339 e. The average molecular weight is 406 g/mol. The van der Waals surface area contributed by atoms with E-state index in [1.807, 2.05) is 36.4 Å². The second-order valence-electron chi connectivity index (χ2n) is 6.17. The molecule has 0 saturated carbocycles. The van der Waals surface area contributed by atoms with Gasteiger partial charge in [0.15, 0.2) is 0 Å². The third-order valence-corrected chi connectivity index (χ3v) is 4.35. The topological polar surface area (TPSA) is 92.9 Å². The summed E-state index contributed by atoms with van der Waals surface area (Å²) in [7, 11) is 0. The second kappa shape index (κ2) is 8.53. The number of rotatable bonds is 5. The fourth-order valence-electron chi connectivity index (χ4n) is 2.72. The summed E-state index contributed by atoms with van der Waals surface area (Å²) in [6.45, 7) is 0. The number of halogens is 1. The Labute approximate surface area is 171 Å². The van der Waals surface area contributed by atoms with E-state index < -0.39 is 0 Å². The molecule has 2 N–H and O–H groups in total. The van der Waals surface area contributed by atoms with Gasteiger partial charge in [-0.2, -0.15) is 4.98 Å². The van der Waals surface area contributed by atoms with Gasteiger partial charge in [-0.25, -0.2) is 4.79 Å². The smallest absolute Gasteiger partial charge is 0.323 e. The molecule has 0 spiro atoms. The molecular weight excluding hydrogens is 390 g/mol. The normalized spacial score (nSPS) is 10.5. The third-order valence-electron chi connectivity index (χ3n) is 4.10. The highest BCUT2D eigenvalue weighted by Crippen LogP contribution is 2.21. The third kappa shape index (κ3) is 4.77. The lowest BCUT2D eigenvalue weighted by Gasteiger charge is -2.11. The zero-order chi connectivity index (χ0) is 20.1. The Morgan fingerprint density at radius 2 is 1.83 bits per heavy atom. The molecule has 0 aliphatic carbocycles. The molecular formula is C21H16ClN5O2. The summed E-state index contributed by atoms with van der Waals surface area (Å²) in [6.07, 6.45) is 3.73. The van der Waals surface area contributed by atoms with Gasteiger partial charge in [0.25, 0.3) is 0 Å². The summed E-state index contributed by atoms with van der Waals surface area (Å²) < 4.78 is 5.36. The van der Waals surface area contributed by atoms with Crippen LogP contribution in [0.2, 0.25) is 5.02 Å². The number of para-hydroxylation sites is 1. The molecule has 4 aromatic rings. The fraction of sp³-hybridized carbons (Fsp3) is 0.0476. The van der Waals surface area contributed by atoms with Crippen LogP contribution in [-0.2, 0) is 6.42 Å². The highest BCUT2D eigenvalue weighted by atomic mass is 35.5. The molecule has 0 bridgehead atoms. The van der Waals surface area contributed by atoms with E-state index in [0.717, 1.165) is 11.1 Å². The highest BCUT2D eigenvalue weighted by molar-refractivity contribution is 6.30. The summed E-state index contributed by atoms with van der Waals surface area (Å²) in [6, 6.07) is 17.6. The van der Waals surface area contributed by atoms with E-state index in [1.54, 1.807) is 36.7 Å². The summed E-state index contributed by atoms with van der Waals surface area (Å²) in [5, 5.41) is 10.2. The molecule has 4 rings (SSSR count). The summed E-state index contributed by atoms with van der Waals surface area (Å²) >= 11 is 5.86. The number of carbonyl (C=O) groups excluding carboxylic acids is 1. The lowest BCUT2D eigenvalue weighted by atomic mass is 10.1. The fourth-order valence-corrected chi connectivity index (χ4v) is 2.84. The maximum absolute atomic E-state index is 12.3. The molecule has 0 radical (unpaired) electrons. The van der Waals surface area contributed by atoms with Crippen LogP contribution in [-0.4, -0.2) is 21.2 Å². The highest BCUT2D eigenvalue weighted by Gasteiger charge is 2.13. The number of amides is 2. The van der Waals surface area contributed by atoms with Crippen molar-refractivity contribution in [2.75, 3.05) is 10.6 Å². The van der Waals surface area contributed by atoms with E-state index >= 15 is 0 Å². The predicted octanol–water partition coefficient (Wildman–Crippen LogP) is 5.02. The average Bonchev–Trinajstić information content (AvgIpc) is 3.20. The first-order chi connectivity index (χ1) is 14.2. The molecule has 0 aliphatic rings. The van der Waals surface area contributed by atoms with Gasteiger partial charge >= 0.3 is 6.03 Å². The molecule has 144 valence electrons. The van der Waals surface area contributed by atoms with Crippen LogP contribution in [0.1, 0.15) is 11.5 Å². The van der Waals surface area contributed by atoms with Crippen molar-refractivity contribution in [3.05, 3.63) is 89.5 Å². The number of pyridine rings is 1. The number of hydrogen-bond donors (Lipinski definition) is 2. The van der Waals surface area contributed by atoms with Crippen LogP contribution in [0.5, 0.6) is 0 Å². The molecule has 0 fully saturated rings. The Bertz CT molecular complexity index is 1110. The number of benzene rings is 2. The van der Waals surface area contributed by atoms with Crippen molar-refractivity contribution in [1.82, 2.24) is 15.1 Å². The molecule has 7 nitrogen and oxygen atoms in total. The van der Waals surface area contributed by atoms with Gasteiger partial charge in [0.1, 0.15) is 0 Å². The van der Waals surface area contributed by atoms with Crippen molar-refractivity contribution in [3.63, 3.8) is 0 Å². The zero-order valence-electron chi connectivity index (χ0n) is 15.2.